The van der Waals surface area contributed by atoms with E-state index in [0.717, 1.165) is 16.9 Å². The third kappa shape index (κ3) is 3.41. The Hall–Kier alpha value is -2.65. The van der Waals surface area contributed by atoms with E-state index in [1.807, 2.05) is 13.8 Å². The van der Waals surface area contributed by atoms with Crippen molar-refractivity contribution < 1.29 is 9.90 Å². The summed E-state index contributed by atoms with van der Waals surface area (Å²) in [6.45, 7) is 4.40. The molecule has 0 aliphatic heterocycles. The first-order chi connectivity index (χ1) is 11.0. The highest BCUT2D eigenvalue weighted by Gasteiger charge is 2.15. The zero-order valence-corrected chi connectivity index (χ0v) is 13.7. The van der Waals surface area contributed by atoms with Crippen LogP contribution in [0.4, 0.5) is 0 Å². The van der Waals surface area contributed by atoms with Gasteiger partial charge in [0.15, 0.2) is 5.43 Å². The predicted octanol–water partition coefficient (Wildman–Crippen LogP) is 2.98. The summed E-state index contributed by atoms with van der Waals surface area (Å²) in [7, 11) is 0. The molecule has 0 aliphatic rings. The predicted molar refractivity (Wildman–Crippen MR) is 91.4 cm³/mol. The maximum atomic E-state index is 12.1. The second-order valence-corrected chi connectivity index (χ2v) is 5.83. The molecule has 2 aromatic heterocycles. The molecule has 0 aliphatic carbocycles. The fourth-order valence-corrected chi connectivity index (χ4v) is 3.00. The number of allylic oxidation sites excluding steroid dienone is 2. The van der Waals surface area contributed by atoms with Gasteiger partial charge in [-0.3, -0.25) is 9.78 Å². The van der Waals surface area contributed by atoms with Crippen LogP contribution in [0, 0.1) is 12.3 Å². The van der Waals surface area contributed by atoms with Crippen molar-refractivity contribution in [2.45, 2.75) is 26.8 Å². The largest absolute Gasteiger partial charge is 0.477 e. The SMILES string of the molecule is C#C/C(=C(\C)c1cc(=O)c(C(=O)O)cn1CCC)c1cncs1. The number of terminal acetylenes is 1. The van der Waals surface area contributed by atoms with Gasteiger partial charge in [0.25, 0.3) is 0 Å². The van der Waals surface area contributed by atoms with E-state index >= 15 is 0 Å². The van der Waals surface area contributed by atoms with E-state index in [4.69, 9.17) is 11.5 Å². The molecule has 0 fully saturated rings. The molecule has 0 bridgehead atoms. The molecule has 5 nitrogen and oxygen atoms in total. The van der Waals surface area contributed by atoms with Crippen LogP contribution in [0.1, 0.15) is 41.2 Å². The average molecular weight is 328 g/mol. The number of hydrogen-bond donors (Lipinski definition) is 1. The minimum Gasteiger partial charge on any atom is -0.477 e. The Balaban J connectivity index is 2.71. The number of nitrogens with zero attached hydrogens (tertiary/aromatic N) is 2. The Morgan fingerprint density at radius 2 is 2.26 bits per heavy atom. The van der Waals surface area contributed by atoms with Crippen molar-refractivity contribution in [3.8, 4) is 12.3 Å². The number of carboxylic acids is 1. The van der Waals surface area contributed by atoms with E-state index in [2.05, 4.69) is 10.9 Å². The normalized spacial score (nSPS) is 11.7. The summed E-state index contributed by atoms with van der Waals surface area (Å²) in [5.74, 6) is 1.42. The molecule has 1 N–H and O–H groups in total. The van der Waals surface area contributed by atoms with Crippen molar-refractivity contribution in [3.63, 3.8) is 0 Å². The summed E-state index contributed by atoms with van der Waals surface area (Å²) in [5.41, 5.74) is 2.95. The number of hydrogen-bond acceptors (Lipinski definition) is 4. The molecule has 2 heterocycles. The van der Waals surface area contributed by atoms with Crippen LogP contribution in [0.25, 0.3) is 11.1 Å². The summed E-state index contributed by atoms with van der Waals surface area (Å²) in [5, 5.41) is 9.13. The first kappa shape index (κ1) is 16.7. The molecule has 0 amide bonds. The molecular weight excluding hydrogens is 312 g/mol. The van der Waals surface area contributed by atoms with E-state index in [1.165, 1.54) is 23.6 Å². The highest BCUT2D eigenvalue weighted by Crippen LogP contribution is 2.27. The summed E-state index contributed by atoms with van der Waals surface area (Å²) in [6, 6.07) is 1.34. The molecule has 23 heavy (non-hydrogen) atoms. The highest BCUT2D eigenvalue weighted by atomic mass is 32.1. The smallest absolute Gasteiger partial charge is 0.341 e. The molecule has 2 rings (SSSR count). The van der Waals surface area contributed by atoms with E-state index in [-0.39, 0.29) is 5.56 Å². The summed E-state index contributed by atoms with van der Waals surface area (Å²) >= 11 is 1.42. The maximum Gasteiger partial charge on any atom is 0.341 e. The molecule has 0 saturated heterocycles. The van der Waals surface area contributed by atoms with Crippen LogP contribution in [0.2, 0.25) is 0 Å². The second-order valence-electron chi connectivity index (χ2n) is 4.95. The first-order valence-electron chi connectivity index (χ1n) is 7.04. The lowest BCUT2D eigenvalue weighted by molar-refractivity contribution is 0.0694. The molecule has 6 heteroatoms. The standard InChI is InChI=1S/C17H16N2O3S/c1-4-6-19-9-13(17(21)22)15(20)7-14(19)11(3)12(5-2)16-8-18-10-23-16/h2,7-10H,4,6H2,1,3H3,(H,21,22)/b12-11-. The van der Waals surface area contributed by atoms with Crippen LogP contribution in [0.5, 0.6) is 0 Å². The number of thiazole rings is 1. The second kappa shape index (κ2) is 7.07. The van der Waals surface area contributed by atoms with Crippen LogP contribution < -0.4 is 5.43 Å². The number of aryl methyl sites for hydroxylation is 1. The molecule has 0 atom stereocenters. The minimum absolute atomic E-state index is 0.241. The topological polar surface area (TPSA) is 72.2 Å². The number of carboxylic acid groups (broad SMARTS) is 1. The van der Waals surface area contributed by atoms with Crippen LogP contribution in [-0.2, 0) is 6.54 Å². The van der Waals surface area contributed by atoms with Gasteiger partial charge in [-0.25, -0.2) is 4.79 Å². The van der Waals surface area contributed by atoms with Gasteiger partial charge in [0, 0.05) is 36.3 Å². The maximum absolute atomic E-state index is 12.1. The van der Waals surface area contributed by atoms with Crippen LogP contribution in [0.15, 0.2) is 28.8 Å². The van der Waals surface area contributed by atoms with Gasteiger partial charge in [-0.2, -0.15) is 0 Å². The monoisotopic (exact) mass is 328 g/mol. The first-order valence-corrected chi connectivity index (χ1v) is 7.92. The van der Waals surface area contributed by atoms with Gasteiger partial charge in [0.05, 0.1) is 10.4 Å². The van der Waals surface area contributed by atoms with E-state index in [1.54, 1.807) is 16.3 Å². The quantitative estimate of drug-likeness (QED) is 0.857. The van der Waals surface area contributed by atoms with E-state index in [0.29, 0.717) is 17.8 Å². The van der Waals surface area contributed by atoms with Gasteiger partial charge in [0.1, 0.15) is 5.56 Å². The molecule has 0 saturated carbocycles. The Kier molecular flexibility index (Phi) is 5.14. The Morgan fingerprint density at radius 3 is 2.78 bits per heavy atom. The van der Waals surface area contributed by atoms with Gasteiger partial charge in [0.2, 0.25) is 0 Å². The Bertz CT molecular complexity index is 855. The Labute approximate surface area is 137 Å². The molecular formula is C17H16N2O3S. The third-order valence-electron chi connectivity index (χ3n) is 3.40. The van der Waals surface area contributed by atoms with Gasteiger partial charge in [-0.15, -0.1) is 17.8 Å². The van der Waals surface area contributed by atoms with Gasteiger partial charge >= 0.3 is 5.97 Å². The van der Waals surface area contributed by atoms with Crippen molar-refractivity contribution in [1.29, 1.82) is 0 Å². The van der Waals surface area contributed by atoms with Crippen molar-refractivity contribution in [1.82, 2.24) is 9.55 Å². The molecule has 118 valence electrons. The fourth-order valence-electron chi connectivity index (χ4n) is 2.32. The summed E-state index contributed by atoms with van der Waals surface area (Å²) < 4.78 is 1.76. The van der Waals surface area contributed by atoms with E-state index in [9.17, 15) is 9.59 Å². The molecule has 0 radical (unpaired) electrons. The number of aromatic carboxylic acids is 1. The van der Waals surface area contributed by atoms with Gasteiger partial charge in [-0.1, -0.05) is 12.8 Å². The van der Waals surface area contributed by atoms with E-state index < -0.39 is 11.4 Å². The lowest BCUT2D eigenvalue weighted by Gasteiger charge is -2.15. The summed E-state index contributed by atoms with van der Waals surface area (Å²) in [4.78, 5) is 28.1. The number of pyridine rings is 1. The minimum atomic E-state index is -1.23. The van der Waals surface area contributed by atoms with Gasteiger partial charge < -0.3 is 9.67 Å². The van der Waals surface area contributed by atoms with Crippen molar-refractivity contribution in [3.05, 3.63) is 50.3 Å². The summed E-state index contributed by atoms with van der Waals surface area (Å²) in [6.07, 6.45) is 9.49. The number of rotatable bonds is 5. The lowest BCUT2D eigenvalue weighted by atomic mass is 10.0. The van der Waals surface area contributed by atoms with Gasteiger partial charge in [-0.05, 0) is 18.9 Å². The van der Waals surface area contributed by atoms with Crippen LogP contribution >= 0.6 is 11.3 Å². The molecule has 0 aromatic carbocycles. The fraction of sp³-hybridized carbons (Fsp3) is 0.235. The third-order valence-corrected chi connectivity index (χ3v) is 4.20. The number of aromatic nitrogens is 2. The lowest BCUT2D eigenvalue weighted by Crippen LogP contribution is -2.20. The average Bonchev–Trinajstić information content (AvgIpc) is 3.03. The van der Waals surface area contributed by atoms with Crippen molar-refractivity contribution in [2.75, 3.05) is 0 Å². The van der Waals surface area contributed by atoms with Crippen molar-refractivity contribution >= 4 is 28.5 Å². The van der Waals surface area contributed by atoms with Crippen LogP contribution in [0.3, 0.4) is 0 Å². The zero-order valence-electron chi connectivity index (χ0n) is 12.9. The Morgan fingerprint density at radius 1 is 1.52 bits per heavy atom. The van der Waals surface area contributed by atoms with Crippen molar-refractivity contribution in [2.24, 2.45) is 0 Å². The molecule has 2 aromatic rings. The highest BCUT2D eigenvalue weighted by molar-refractivity contribution is 7.11. The van der Waals surface area contributed by atoms with Crippen LogP contribution in [-0.4, -0.2) is 20.6 Å². The zero-order chi connectivity index (χ0) is 17.0. The molecule has 0 spiro atoms. The number of carbonyl (C=O) groups is 1. The molecule has 0 unspecified atom stereocenters.